The Kier molecular flexibility index (Phi) is 3.15. The van der Waals surface area contributed by atoms with Crippen LogP contribution in [-0.2, 0) is 13.0 Å². The standard InChI is InChI=1S/C13H19N5/c1-2-18-9-11(7-16-18)12-8-15-13(17-12)5-10-3-4-14-6-10/h7-10,14H,2-6H2,1H3,(H,15,17). The quantitative estimate of drug-likeness (QED) is 0.857. The minimum Gasteiger partial charge on any atom is -0.342 e. The minimum atomic E-state index is 0.724. The number of nitrogens with zero attached hydrogens (tertiary/aromatic N) is 3. The van der Waals surface area contributed by atoms with Crippen molar-refractivity contribution in [2.24, 2.45) is 5.92 Å². The molecule has 5 heteroatoms. The summed E-state index contributed by atoms with van der Waals surface area (Å²) < 4.78 is 1.93. The third-order valence-corrected chi connectivity index (χ3v) is 3.54. The zero-order valence-electron chi connectivity index (χ0n) is 10.7. The van der Waals surface area contributed by atoms with Crippen LogP contribution in [0.3, 0.4) is 0 Å². The van der Waals surface area contributed by atoms with Crippen molar-refractivity contribution >= 4 is 0 Å². The lowest BCUT2D eigenvalue weighted by molar-refractivity contribution is 0.565. The van der Waals surface area contributed by atoms with E-state index in [1.165, 1.54) is 6.42 Å². The molecule has 1 fully saturated rings. The number of aromatic amines is 1. The zero-order valence-corrected chi connectivity index (χ0v) is 10.7. The van der Waals surface area contributed by atoms with Gasteiger partial charge in [0, 0.05) is 24.7 Å². The smallest absolute Gasteiger partial charge is 0.106 e. The van der Waals surface area contributed by atoms with Crippen LogP contribution in [0.25, 0.3) is 11.3 Å². The molecule has 0 radical (unpaired) electrons. The first-order valence-electron chi connectivity index (χ1n) is 6.62. The molecule has 1 aliphatic rings. The molecule has 2 aromatic rings. The average molecular weight is 245 g/mol. The summed E-state index contributed by atoms with van der Waals surface area (Å²) in [4.78, 5) is 7.87. The Balaban J connectivity index is 1.72. The van der Waals surface area contributed by atoms with Gasteiger partial charge in [-0.25, -0.2) is 4.98 Å². The van der Waals surface area contributed by atoms with E-state index in [1.807, 2.05) is 17.1 Å². The number of hydrogen-bond donors (Lipinski definition) is 2. The monoisotopic (exact) mass is 245 g/mol. The molecule has 1 aliphatic heterocycles. The second-order valence-corrected chi connectivity index (χ2v) is 4.89. The maximum absolute atomic E-state index is 4.47. The molecule has 0 aliphatic carbocycles. The summed E-state index contributed by atoms with van der Waals surface area (Å²) in [6, 6.07) is 0. The number of hydrogen-bond acceptors (Lipinski definition) is 3. The van der Waals surface area contributed by atoms with Crippen LogP contribution in [0.1, 0.15) is 19.2 Å². The first-order chi connectivity index (χ1) is 8.85. The van der Waals surface area contributed by atoms with Gasteiger partial charge in [0.05, 0.1) is 18.1 Å². The van der Waals surface area contributed by atoms with Crippen LogP contribution >= 0.6 is 0 Å². The summed E-state index contributed by atoms with van der Waals surface area (Å²) in [7, 11) is 0. The van der Waals surface area contributed by atoms with Gasteiger partial charge in [-0.1, -0.05) is 0 Å². The van der Waals surface area contributed by atoms with Crippen LogP contribution in [0.5, 0.6) is 0 Å². The minimum absolute atomic E-state index is 0.724. The summed E-state index contributed by atoms with van der Waals surface area (Å²) in [6.07, 6.45) is 8.14. The van der Waals surface area contributed by atoms with Gasteiger partial charge in [-0.3, -0.25) is 4.68 Å². The fourth-order valence-electron chi connectivity index (χ4n) is 2.45. The molecule has 2 N–H and O–H groups in total. The van der Waals surface area contributed by atoms with E-state index in [4.69, 9.17) is 0 Å². The molecule has 0 aromatic carbocycles. The van der Waals surface area contributed by atoms with Crippen molar-refractivity contribution in [1.29, 1.82) is 0 Å². The van der Waals surface area contributed by atoms with Gasteiger partial charge in [-0.05, 0) is 32.4 Å². The van der Waals surface area contributed by atoms with Gasteiger partial charge < -0.3 is 10.3 Å². The zero-order chi connectivity index (χ0) is 12.4. The summed E-state index contributed by atoms with van der Waals surface area (Å²) in [5, 5.41) is 7.67. The molecule has 1 unspecified atom stereocenters. The van der Waals surface area contributed by atoms with E-state index in [0.29, 0.717) is 0 Å². The molecule has 96 valence electrons. The topological polar surface area (TPSA) is 58.5 Å². The van der Waals surface area contributed by atoms with Crippen molar-refractivity contribution in [2.45, 2.75) is 26.3 Å². The Morgan fingerprint density at radius 3 is 3.11 bits per heavy atom. The van der Waals surface area contributed by atoms with Crippen molar-refractivity contribution < 1.29 is 0 Å². The number of rotatable bonds is 4. The van der Waals surface area contributed by atoms with Gasteiger partial charge in [-0.2, -0.15) is 5.10 Å². The number of H-pyrrole nitrogens is 1. The van der Waals surface area contributed by atoms with Crippen molar-refractivity contribution in [1.82, 2.24) is 25.1 Å². The molecule has 1 saturated heterocycles. The second kappa shape index (κ2) is 4.94. The Hall–Kier alpha value is -1.62. The molecule has 0 spiro atoms. The third-order valence-electron chi connectivity index (χ3n) is 3.54. The van der Waals surface area contributed by atoms with Crippen molar-refractivity contribution in [3.05, 3.63) is 24.4 Å². The van der Waals surface area contributed by atoms with Crippen molar-refractivity contribution in [2.75, 3.05) is 13.1 Å². The van der Waals surface area contributed by atoms with Gasteiger partial charge >= 0.3 is 0 Å². The van der Waals surface area contributed by atoms with E-state index in [-0.39, 0.29) is 0 Å². The molecular formula is C13H19N5. The van der Waals surface area contributed by atoms with E-state index in [2.05, 4.69) is 33.5 Å². The highest BCUT2D eigenvalue weighted by molar-refractivity contribution is 5.56. The number of imidazole rings is 1. The fourth-order valence-corrected chi connectivity index (χ4v) is 2.45. The molecule has 0 bridgehead atoms. The molecule has 2 aromatic heterocycles. The number of nitrogens with one attached hydrogen (secondary N) is 2. The van der Waals surface area contributed by atoms with Gasteiger partial charge in [0.15, 0.2) is 0 Å². The predicted molar refractivity (Wildman–Crippen MR) is 70.2 cm³/mol. The lowest BCUT2D eigenvalue weighted by Crippen LogP contribution is -2.11. The van der Waals surface area contributed by atoms with Crippen LogP contribution in [0.4, 0.5) is 0 Å². The Labute approximate surface area is 107 Å². The van der Waals surface area contributed by atoms with E-state index in [1.54, 1.807) is 0 Å². The second-order valence-electron chi connectivity index (χ2n) is 4.89. The van der Waals surface area contributed by atoms with Gasteiger partial charge in [0.1, 0.15) is 5.82 Å². The Morgan fingerprint density at radius 2 is 2.39 bits per heavy atom. The van der Waals surface area contributed by atoms with E-state index < -0.39 is 0 Å². The maximum atomic E-state index is 4.47. The molecular weight excluding hydrogens is 226 g/mol. The highest BCUT2D eigenvalue weighted by Gasteiger charge is 2.16. The number of aromatic nitrogens is 4. The SMILES string of the molecule is CCn1cc(-c2cnc(CC3CCNC3)[nH]2)cn1. The Bertz CT molecular complexity index is 507. The first kappa shape index (κ1) is 11.5. The van der Waals surface area contributed by atoms with Gasteiger partial charge in [0.2, 0.25) is 0 Å². The molecule has 5 nitrogen and oxygen atoms in total. The summed E-state index contributed by atoms with van der Waals surface area (Å²) in [5.41, 5.74) is 2.18. The van der Waals surface area contributed by atoms with Crippen molar-refractivity contribution in [3.8, 4) is 11.3 Å². The first-order valence-corrected chi connectivity index (χ1v) is 6.62. The van der Waals surface area contributed by atoms with Crippen LogP contribution in [0, 0.1) is 5.92 Å². The lowest BCUT2D eigenvalue weighted by Gasteiger charge is -2.04. The fraction of sp³-hybridized carbons (Fsp3) is 0.538. The molecule has 3 rings (SSSR count). The average Bonchev–Trinajstić information content (AvgIpc) is 3.09. The highest BCUT2D eigenvalue weighted by atomic mass is 15.3. The molecule has 3 heterocycles. The van der Waals surface area contributed by atoms with Crippen LogP contribution in [-0.4, -0.2) is 32.8 Å². The third kappa shape index (κ3) is 2.31. The lowest BCUT2D eigenvalue weighted by atomic mass is 10.1. The van der Waals surface area contributed by atoms with Crippen LogP contribution in [0.2, 0.25) is 0 Å². The Morgan fingerprint density at radius 1 is 1.44 bits per heavy atom. The van der Waals surface area contributed by atoms with Gasteiger partial charge in [0.25, 0.3) is 0 Å². The van der Waals surface area contributed by atoms with Crippen LogP contribution in [0.15, 0.2) is 18.6 Å². The molecule has 0 saturated carbocycles. The number of aryl methyl sites for hydroxylation is 1. The molecule has 1 atom stereocenters. The summed E-state index contributed by atoms with van der Waals surface area (Å²) in [6.45, 7) is 5.24. The summed E-state index contributed by atoms with van der Waals surface area (Å²) in [5.74, 6) is 1.81. The highest BCUT2D eigenvalue weighted by Crippen LogP contribution is 2.18. The molecule has 18 heavy (non-hydrogen) atoms. The van der Waals surface area contributed by atoms with E-state index in [0.717, 1.165) is 49.1 Å². The maximum Gasteiger partial charge on any atom is 0.106 e. The van der Waals surface area contributed by atoms with Crippen molar-refractivity contribution in [3.63, 3.8) is 0 Å². The van der Waals surface area contributed by atoms with E-state index in [9.17, 15) is 0 Å². The van der Waals surface area contributed by atoms with Crippen LogP contribution < -0.4 is 5.32 Å². The normalized spacial score (nSPS) is 19.5. The largest absolute Gasteiger partial charge is 0.342 e. The summed E-state index contributed by atoms with van der Waals surface area (Å²) >= 11 is 0. The van der Waals surface area contributed by atoms with E-state index >= 15 is 0 Å². The predicted octanol–water partition coefficient (Wildman–Crippen LogP) is 1.45. The van der Waals surface area contributed by atoms with Gasteiger partial charge in [-0.15, -0.1) is 0 Å². The molecule has 0 amide bonds.